The van der Waals surface area contributed by atoms with Gasteiger partial charge in [0.2, 0.25) is 0 Å². The summed E-state index contributed by atoms with van der Waals surface area (Å²) in [6, 6.07) is 6.24. The Balaban J connectivity index is 3.02. The Kier molecular flexibility index (Phi) is 2.99. The lowest BCUT2D eigenvalue weighted by atomic mass is 10.2. The van der Waals surface area contributed by atoms with E-state index in [-0.39, 0.29) is 4.90 Å². The molecular formula is C7H10N2O3S. The minimum Gasteiger partial charge on any atom is -0.247 e. The summed E-state index contributed by atoms with van der Waals surface area (Å²) in [6.07, 6.45) is 0. The predicted octanol–water partition coefficient (Wildman–Crippen LogP) is 0.0786. The van der Waals surface area contributed by atoms with Gasteiger partial charge in [-0.05, 0) is 19.1 Å². The molecule has 0 atom stereocenters. The Morgan fingerprint density at radius 1 is 1.31 bits per heavy atom. The number of nitrogens with two attached hydrogens (primary N) is 1. The molecule has 0 heterocycles. The maximum absolute atomic E-state index is 11.2. The zero-order valence-electron chi connectivity index (χ0n) is 7.02. The largest absolute Gasteiger partial charge is 0.314 e. The first-order valence-electron chi connectivity index (χ1n) is 3.52. The molecule has 6 heteroatoms. The Hall–Kier alpha value is -0.950. The summed E-state index contributed by atoms with van der Waals surface area (Å²) in [5.74, 6) is 4.73. The van der Waals surface area contributed by atoms with Gasteiger partial charge in [-0.3, -0.25) is 0 Å². The van der Waals surface area contributed by atoms with E-state index < -0.39 is 10.1 Å². The van der Waals surface area contributed by atoms with E-state index in [0.717, 1.165) is 5.56 Å². The summed E-state index contributed by atoms with van der Waals surface area (Å²) in [5.41, 5.74) is 2.61. The monoisotopic (exact) mass is 202 g/mol. The van der Waals surface area contributed by atoms with Gasteiger partial charge in [-0.2, -0.15) is 12.7 Å². The maximum Gasteiger partial charge on any atom is 0.314 e. The van der Waals surface area contributed by atoms with Crippen LogP contribution in [0.3, 0.4) is 0 Å². The smallest absolute Gasteiger partial charge is 0.247 e. The number of benzene rings is 1. The number of rotatable bonds is 3. The second kappa shape index (κ2) is 3.84. The molecule has 0 bridgehead atoms. The van der Waals surface area contributed by atoms with Crippen molar-refractivity contribution in [2.24, 2.45) is 5.84 Å². The highest BCUT2D eigenvalue weighted by atomic mass is 32.2. The molecule has 1 aromatic carbocycles. The van der Waals surface area contributed by atoms with Crippen molar-refractivity contribution >= 4 is 10.1 Å². The SMILES string of the molecule is Cc1ccc(S(=O)(=O)ONN)cc1. The van der Waals surface area contributed by atoms with Gasteiger partial charge in [-0.1, -0.05) is 17.7 Å². The average molecular weight is 202 g/mol. The van der Waals surface area contributed by atoms with Gasteiger partial charge in [-0.25, -0.2) is 5.84 Å². The van der Waals surface area contributed by atoms with Gasteiger partial charge >= 0.3 is 10.1 Å². The van der Waals surface area contributed by atoms with Gasteiger partial charge in [0.15, 0.2) is 0 Å². The van der Waals surface area contributed by atoms with Crippen molar-refractivity contribution in [1.29, 1.82) is 0 Å². The van der Waals surface area contributed by atoms with Crippen LogP contribution in [0, 0.1) is 6.92 Å². The van der Waals surface area contributed by atoms with Crippen molar-refractivity contribution in [3.05, 3.63) is 29.8 Å². The van der Waals surface area contributed by atoms with Gasteiger partial charge < -0.3 is 0 Å². The Bertz CT molecular complexity index is 371. The Morgan fingerprint density at radius 2 is 1.85 bits per heavy atom. The van der Waals surface area contributed by atoms with Crippen LogP contribution in [-0.4, -0.2) is 8.42 Å². The molecule has 0 fully saturated rings. The molecule has 3 N–H and O–H groups in total. The van der Waals surface area contributed by atoms with Crippen molar-refractivity contribution in [2.75, 3.05) is 0 Å². The highest BCUT2D eigenvalue weighted by Crippen LogP contribution is 2.11. The minimum absolute atomic E-state index is 0.0658. The van der Waals surface area contributed by atoms with E-state index in [1.807, 2.05) is 6.92 Å². The first-order valence-corrected chi connectivity index (χ1v) is 4.93. The molecule has 5 nitrogen and oxygen atoms in total. The van der Waals surface area contributed by atoms with Gasteiger partial charge in [0.1, 0.15) is 0 Å². The summed E-state index contributed by atoms with van der Waals surface area (Å²) in [7, 11) is -3.76. The van der Waals surface area contributed by atoms with Crippen molar-refractivity contribution in [3.63, 3.8) is 0 Å². The van der Waals surface area contributed by atoms with Crippen LogP contribution < -0.4 is 11.4 Å². The van der Waals surface area contributed by atoms with E-state index in [1.165, 1.54) is 12.1 Å². The summed E-state index contributed by atoms with van der Waals surface area (Å²) in [6.45, 7) is 1.86. The number of hydrazine groups is 1. The first-order chi connectivity index (χ1) is 6.06. The lowest BCUT2D eigenvalue weighted by Gasteiger charge is -2.02. The second-order valence-electron chi connectivity index (χ2n) is 2.47. The number of hydrogen-bond acceptors (Lipinski definition) is 5. The average Bonchev–Trinajstić information content (AvgIpc) is 2.05. The van der Waals surface area contributed by atoms with Crippen LogP contribution in [0.1, 0.15) is 5.56 Å². The third-order valence-corrected chi connectivity index (χ3v) is 2.63. The molecular weight excluding hydrogens is 192 g/mol. The molecule has 1 aromatic rings. The lowest BCUT2D eigenvalue weighted by Crippen LogP contribution is -2.26. The first kappa shape index (κ1) is 10.1. The lowest BCUT2D eigenvalue weighted by molar-refractivity contribution is 0.207. The van der Waals surface area contributed by atoms with Crippen molar-refractivity contribution < 1.29 is 12.7 Å². The van der Waals surface area contributed by atoms with Gasteiger partial charge in [0.25, 0.3) is 0 Å². The van der Waals surface area contributed by atoms with Crippen LogP contribution in [0.15, 0.2) is 29.2 Å². The fourth-order valence-corrected chi connectivity index (χ4v) is 1.51. The topological polar surface area (TPSA) is 81.4 Å². The molecule has 0 spiro atoms. The maximum atomic E-state index is 11.2. The molecule has 13 heavy (non-hydrogen) atoms. The third-order valence-electron chi connectivity index (χ3n) is 1.47. The van der Waals surface area contributed by atoms with Crippen molar-refractivity contribution in [1.82, 2.24) is 5.59 Å². The second-order valence-corrected chi connectivity index (χ2v) is 4.01. The summed E-state index contributed by atoms with van der Waals surface area (Å²) in [5, 5.41) is 0. The molecule has 0 saturated carbocycles. The summed E-state index contributed by atoms with van der Waals surface area (Å²) >= 11 is 0. The van der Waals surface area contributed by atoms with E-state index in [0.29, 0.717) is 0 Å². The molecule has 1 rings (SSSR count). The van der Waals surface area contributed by atoms with Crippen molar-refractivity contribution in [3.8, 4) is 0 Å². The van der Waals surface area contributed by atoms with Crippen LogP contribution in [0.4, 0.5) is 0 Å². The molecule has 0 saturated heterocycles. The molecule has 72 valence electrons. The quantitative estimate of drug-likeness (QED) is 0.536. The van der Waals surface area contributed by atoms with E-state index in [9.17, 15) is 8.42 Å². The van der Waals surface area contributed by atoms with E-state index in [4.69, 9.17) is 5.84 Å². The summed E-state index contributed by atoms with van der Waals surface area (Å²) < 4.78 is 26.5. The highest BCUT2D eigenvalue weighted by molar-refractivity contribution is 7.86. The predicted molar refractivity (Wildman–Crippen MR) is 46.8 cm³/mol. The zero-order chi connectivity index (χ0) is 9.90. The Labute approximate surface area is 76.6 Å². The van der Waals surface area contributed by atoms with Crippen LogP contribution >= 0.6 is 0 Å². The minimum atomic E-state index is -3.76. The zero-order valence-corrected chi connectivity index (χ0v) is 7.84. The molecule has 0 unspecified atom stereocenters. The fourth-order valence-electron chi connectivity index (χ4n) is 0.816. The number of nitrogens with one attached hydrogen (secondary N) is 1. The van der Waals surface area contributed by atoms with E-state index >= 15 is 0 Å². The van der Waals surface area contributed by atoms with Gasteiger partial charge in [-0.15, -0.1) is 5.59 Å². The van der Waals surface area contributed by atoms with Gasteiger partial charge in [0.05, 0.1) is 4.90 Å². The van der Waals surface area contributed by atoms with Gasteiger partial charge in [0, 0.05) is 0 Å². The third kappa shape index (κ3) is 2.49. The summed E-state index contributed by atoms with van der Waals surface area (Å²) in [4.78, 5) is 0.0658. The van der Waals surface area contributed by atoms with Crippen LogP contribution in [0.25, 0.3) is 0 Å². The highest BCUT2D eigenvalue weighted by Gasteiger charge is 2.13. The molecule has 0 aliphatic rings. The number of aryl methyl sites for hydroxylation is 1. The Morgan fingerprint density at radius 3 is 2.31 bits per heavy atom. The van der Waals surface area contributed by atoms with Crippen molar-refractivity contribution in [2.45, 2.75) is 11.8 Å². The molecule has 0 amide bonds. The molecule has 0 aliphatic heterocycles. The van der Waals surface area contributed by atoms with Crippen LogP contribution in [0.5, 0.6) is 0 Å². The van der Waals surface area contributed by atoms with E-state index in [1.54, 1.807) is 17.7 Å². The van der Waals surface area contributed by atoms with Crippen LogP contribution in [-0.2, 0) is 14.4 Å². The van der Waals surface area contributed by atoms with Crippen LogP contribution in [0.2, 0.25) is 0 Å². The fraction of sp³-hybridized carbons (Fsp3) is 0.143. The molecule has 0 aromatic heterocycles. The van der Waals surface area contributed by atoms with E-state index in [2.05, 4.69) is 4.28 Å². The normalized spacial score (nSPS) is 11.5. The molecule has 0 radical (unpaired) electrons. The number of hydrogen-bond donors (Lipinski definition) is 2. The molecule has 0 aliphatic carbocycles. The standard InChI is InChI=1S/C7H10N2O3S/c1-6-2-4-7(5-3-6)13(10,11)12-9-8/h2-5,9H,8H2,1H3.